The smallest absolute Gasteiger partial charge is 0.261 e. The van der Waals surface area contributed by atoms with Crippen molar-refractivity contribution in [2.75, 3.05) is 10.0 Å². The van der Waals surface area contributed by atoms with Crippen LogP contribution in [0.3, 0.4) is 0 Å². The third-order valence-corrected chi connectivity index (χ3v) is 5.30. The van der Waals surface area contributed by atoms with E-state index in [1.165, 1.54) is 12.1 Å². The second-order valence-electron chi connectivity index (χ2n) is 4.98. The molecule has 2 aromatic carbocycles. The zero-order chi connectivity index (χ0) is 15.7. The van der Waals surface area contributed by atoms with E-state index in [0.717, 1.165) is 15.7 Å². The number of benzene rings is 2. The Morgan fingerprint density at radius 2 is 1.77 bits per heavy atom. The van der Waals surface area contributed by atoms with Gasteiger partial charge in [0.1, 0.15) is 0 Å². The second-order valence-corrected chi connectivity index (χ2v) is 7.58. The number of hydrogen-bond donors (Lipinski definition) is 2. The average molecular weight is 381 g/mol. The number of hydrogen-bond acceptors (Lipinski definition) is 3. The number of fused-ring (bicyclic) bond motifs is 1. The van der Waals surface area contributed by atoms with E-state index in [2.05, 4.69) is 26.0 Å². The first kappa shape index (κ1) is 15.1. The van der Waals surface area contributed by atoms with Crippen molar-refractivity contribution in [1.82, 2.24) is 0 Å². The van der Waals surface area contributed by atoms with E-state index in [1.807, 2.05) is 0 Å². The molecule has 1 aliphatic rings. The highest BCUT2D eigenvalue weighted by atomic mass is 79.9. The van der Waals surface area contributed by atoms with Gasteiger partial charge in [0, 0.05) is 22.3 Å². The molecule has 0 aromatic heterocycles. The molecule has 3 rings (SSSR count). The highest BCUT2D eigenvalue weighted by Gasteiger charge is 2.18. The van der Waals surface area contributed by atoms with Gasteiger partial charge < -0.3 is 5.32 Å². The largest absolute Gasteiger partial charge is 0.326 e. The topological polar surface area (TPSA) is 75.3 Å². The number of halogens is 1. The van der Waals surface area contributed by atoms with E-state index in [-0.39, 0.29) is 10.8 Å². The summed E-state index contributed by atoms with van der Waals surface area (Å²) in [4.78, 5) is 11.5. The SMILES string of the molecule is O=C1CCc2cc(NS(=O)(=O)c3ccc(Br)cc3)ccc2N1. The number of nitrogens with one attached hydrogen (secondary N) is 2. The van der Waals surface area contributed by atoms with Crippen LogP contribution in [0.5, 0.6) is 0 Å². The summed E-state index contributed by atoms with van der Waals surface area (Å²) in [6.07, 6.45) is 1.02. The number of carbonyl (C=O) groups is 1. The van der Waals surface area contributed by atoms with Crippen LogP contribution < -0.4 is 10.0 Å². The van der Waals surface area contributed by atoms with E-state index in [0.29, 0.717) is 18.5 Å². The number of carbonyl (C=O) groups excluding carboxylic acids is 1. The van der Waals surface area contributed by atoms with Crippen LogP contribution in [0.25, 0.3) is 0 Å². The summed E-state index contributed by atoms with van der Waals surface area (Å²) in [5, 5.41) is 2.77. The Balaban J connectivity index is 1.86. The summed E-state index contributed by atoms with van der Waals surface area (Å²) in [5.41, 5.74) is 2.15. The molecule has 0 saturated heterocycles. The molecule has 1 amide bonds. The molecular weight excluding hydrogens is 368 g/mol. The van der Waals surface area contributed by atoms with Gasteiger partial charge in [-0.3, -0.25) is 9.52 Å². The molecule has 0 aliphatic carbocycles. The van der Waals surface area contributed by atoms with Gasteiger partial charge in [0.2, 0.25) is 5.91 Å². The van der Waals surface area contributed by atoms with Crippen LogP contribution in [-0.4, -0.2) is 14.3 Å². The molecule has 0 spiro atoms. The third-order valence-electron chi connectivity index (χ3n) is 3.38. The van der Waals surface area contributed by atoms with Crippen molar-refractivity contribution < 1.29 is 13.2 Å². The molecule has 0 radical (unpaired) electrons. The lowest BCUT2D eigenvalue weighted by Gasteiger charge is -2.18. The molecule has 0 atom stereocenters. The molecule has 114 valence electrons. The van der Waals surface area contributed by atoms with Gasteiger partial charge in [-0.05, 0) is 54.4 Å². The molecule has 2 aromatic rings. The molecule has 7 heteroatoms. The fourth-order valence-corrected chi connectivity index (χ4v) is 3.59. The quantitative estimate of drug-likeness (QED) is 0.858. The highest BCUT2D eigenvalue weighted by Crippen LogP contribution is 2.27. The Hall–Kier alpha value is -1.86. The van der Waals surface area contributed by atoms with Gasteiger partial charge in [0.05, 0.1) is 4.90 Å². The Labute approximate surface area is 136 Å². The molecule has 1 aliphatic heterocycles. The molecule has 0 unspecified atom stereocenters. The fraction of sp³-hybridized carbons (Fsp3) is 0.133. The molecular formula is C15H13BrN2O3S. The number of anilines is 2. The Morgan fingerprint density at radius 1 is 1.05 bits per heavy atom. The first-order chi connectivity index (χ1) is 10.4. The lowest BCUT2D eigenvalue weighted by Crippen LogP contribution is -2.19. The number of sulfonamides is 1. The Morgan fingerprint density at radius 3 is 2.50 bits per heavy atom. The molecule has 0 fully saturated rings. The van der Waals surface area contributed by atoms with E-state index < -0.39 is 10.0 Å². The average Bonchev–Trinajstić information content (AvgIpc) is 2.47. The van der Waals surface area contributed by atoms with Gasteiger partial charge in [-0.1, -0.05) is 15.9 Å². The summed E-state index contributed by atoms with van der Waals surface area (Å²) >= 11 is 3.28. The van der Waals surface area contributed by atoms with Crippen LogP contribution in [0, 0.1) is 0 Å². The van der Waals surface area contributed by atoms with Crippen molar-refractivity contribution in [1.29, 1.82) is 0 Å². The number of aryl methyl sites for hydroxylation is 1. The van der Waals surface area contributed by atoms with Crippen molar-refractivity contribution in [2.45, 2.75) is 17.7 Å². The zero-order valence-electron chi connectivity index (χ0n) is 11.5. The first-order valence-electron chi connectivity index (χ1n) is 6.65. The predicted octanol–water partition coefficient (Wildman–Crippen LogP) is 3.13. The van der Waals surface area contributed by atoms with Crippen LogP contribution >= 0.6 is 15.9 Å². The highest BCUT2D eigenvalue weighted by molar-refractivity contribution is 9.10. The Bertz CT molecular complexity index is 832. The van der Waals surface area contributed by atoms with E-state index >= 15 is 0 Å². The van der Waals surface area contributed by atoms with Crippen molar-refractivity contribution in [3.8, 4) is 0 Å². The first-order valence-corrected chi connectivity index (χ1v) is 8.93. The summed E-state index contributed by atoms with van der Waals surface area (Å²) in [5.74, 6) is -0.0179. The lowest BCUT2D eigenvalue weighted by molar-refractivity contribution is -0.116. The molecule has 1 heterocycles. The predicted molar refractivity (Wildman–Crippen MR) is 88.3 cm³/mol. The van der Waals surface area contributed by atoms with Crippen LogP contribution in [0.2, 0.25) is 0 Å². The van der Waals surface area contributed by atoms with Crippen LogP contribution in [0.15, 0.2) is 51.8 Å². The Kier molecular flexibility index (Phi) is 3.92. The molecule has 0 saturated carbocycles. The van der Waals surface area contributed by atoms with Crippen molar-refractivity contribution >= 4 is 43.2 Å². The standard InChI is InChI=1S/C15H13BrN2O3S/c16-11-2-5-13(6-3-11)22(20,21)18-12-4-7-14-10(9-12)1-8-15(19)17-14/h2-7,9,18H,1,8H2,(H,17,19). The van der Waals surface area contributed by atoms with E-state index in [1.54, 1.807) is 30.3 Å². The minimum Gasteiger partial charge on any atom is -0.326 e. The van der Waals surface area contributed by atoms with Crippen LogP contribution in [-0.2, 0) is 21.2 Å². The van der Waals surface area contributed by atoms with Crippen molar-refractivity contribution in [3.63, 3.8) is 0 Å². The molecule has 22 heavy (non-hydrogen) atoms. The molecule has 5 nitrogen and oxygen atoms in total. The minimum absolute atomic E-state index is 0.0179. The number of rotatable bonds is 3. The van der Waals surface area contributed by atoms with Gasteiger partial charge >= 0.3 is 0 Å². The summed E-state index contributed by atoms with van der Waals surface area (Å²) in [6, 6.07) is 11.5. The molecule has 2 N–H and O–H groups in total. The summed E-state index contributed by atoms with van der Waals surface area (Å²) in [6.45, 7) is 0. The maximum absolute atomic E-state index is 12.3. The summed E-state index contributed by atoms with van der Waals surface area (Å²) in [7, 11) is -3.63. The minimum atomic E-state index is -3.63. The van der Waals surface area contributed by atoms with Gasteiger partial charge in [0.15, 0.2) is 0 Å². The lowest BCUT2D eigenvalue weighted by atomic mass is 10.0. The maximum atomic E-state index is 12.3. The third kappa shape index (κ3) is 3.15. The van der Waals surface area contributed by atoms with Crippen molar-refractivity contribution in [2.24, 2.45) is 0 Å². The van der Waals surface area contributed by atoms with E-state index in [4.69, 9.17) is 0 Å². The monoisotopic (exact) mass is 380 g/mol. The van der Waals surface area contributed by atoms with Crippen LogP contribution in [0.1, 0.15) is 12.0 Å². The normalized spacial score (nSPS) is 14.1. The van der Waals surface area contributed by atoms with Gasteiger partial charge in [0.25, 0.3) is 10.0 Å². The zero-order valence-corrected chi connectivity index (χ0v) is 13.9. The van der Waals surface area contributed by atoms with Crippen LogP contribution in [0.4, 0.5) is 11.4 Å². The van der Waals surface area contributed by atoms with Crippen molar-refractivity contribution in [3.05, 3.63) is 52.5 Å². The second kappa shape index (κ2) is 5.73. The van der Waals surface area contributed by atoms with E-state index in [9.17, 15) is 13.2 Å². The maximum Gasteiger partial charge on any atom is 0.261 e. The summed E-state index contributed by atoms with van der Waals surface area (Å²) < 4.78 is 28.0. The molecule has 0 bridgehead atoms. The fourth-order valence-electron chi connectivity index (χ4n) is 2.27. The van der Waals surface area contributed by atoms with Gasteiger partial charge in [-0.25, -0.2) is 8.42 Å². The van der Waals surface area contributed by atoms with Gasteiger partial charge in [-0.15, -0.1) is 0 Å². The van der Waals surface area contributed by atoms with Gasteiger partial charge in [-0.2, -0.15) is 0 Å². The number of amides is 1.